The lowest BCUT2D eigenvalue weighted by Crippen LogP contribution is -2.30. The Kier molecular flexibility index (Phi) is 3.21. The first-order valence-corrected chi connectivity index (χ1v) is 7.66. The van der Waals surface area contributed by atoms with Gasteiger partial charge in [0.15, 0.2) is 0 Å². The van der Waals surface area contributed by atoms with Crippen LogP contribution >= 0.6 is 0 Å². The fourth-order valence-electron chi connectivity index (χ4n) is 3.39. The minimum absolute atomic E-state index is 1.05. The Morgan fingerprint density at radius 2 is 1.62 bits per heavy atom. The minimum Gasteiger partial charge on any atom is -0.294 e. The fraction of sp³-hybridized carbons (Fsp3) is 0.200. The second kappa shape index (κ2) is 5.34. The van der Waals surface area contributed by atoms with Crippen molar-refractivity contribution in [2.75, 3.05) is 6.54 Å². The normalized spacial score (nSPS) is 15.0. The predicted octanol–water partition coefficient (Wildman–Crippen LogP) is 4.40. The quantitative estimate of drug-likeness (QED) is 0.669. The van der Waals surface area contributed by atoms with Crippen molar-refractivity contribution in [3.05, 3.63) is 83.4 Å². The van der Waals surface area contributed by atoms with Gasteiger partial charge in [0, 0.05) is 19.6 Å². The number of rotatable bonds is 2. The standard InChI is InChI=1S/C20H19N/c1-2-6-16(7-3-1)14-21-13-12-20-18(15-21)11-10-17-8-4-5-9-19(17)20/h1-11H,12-15H2. The smallest absolute Gasteiger partial charge is 0.0240 e. The zero-order valence-electron chi connectivity index (χ0n) is 12.1. The van der Waals surface area contributed by atoms with Crippen LogP contribution < -0.4 is 0 Å². The first-order valence-electron chi connectivity index (χ1n) is 7.66. The Bertz CT molecular complexity index is 761. The Morgan fingerprint density at radius 1 is 0.810 bits per heavy atom. The van der Waals surface area contributed by atoms with Crippen molar-refractivity contribution in [3.8, 4) is 0 Å². The molecule has 1 nitrogen and oxygen atoms in total. The third-order valence-electron chi connectivity index (χ3n) is 4.46. The van der Waals surface area contributed by atoms with Gasteiger partial charge >= 0.3 is 0 Å². The molecular weight excluding hydrogens is 254 g/mol. The first-order chi connectivity index (χ1) is 10.4. The average molecular weight is 273 g/mol. The molecule has 0 fully saturated rings. The van der Waals surface area contributed by atoms with Crippen molar-refractivity contribution in [2.24, 2.45) is 0 Å². The molecule has 104 valence electrons. The van der Waals surface area contributed by atoms with Gasteiger partial charge in [-0.25, -0.2) is 0 Å². The molecule has 0 spiro atoms. The number of hydrogen-bond acceptors (Lipinski definition) is 1. The highest BCUT2D eigenvalue weighted by atomic mass is 15.1. The van der Waals surface area contributed by atoms with Gasteiger partial charge in [-0.3, -0.25) is 4.90 Å². The summed E-state index contributed by atoms with van der Waals surface area (Å²) in [5.41, 5.74) is 4.45. The van der Waals surface area contributed by atoms with Crippen LogP contribution in [0, 0.1) is 0 Å². The summed E-state index contributed by atoms with van der Waals surface area (Å²) < 4.78 is 0. The molecule has 0 N–H and O–H groups in total. The summed E-state index contributed by atoms with van der Waals surface area (Å²) >= 11 is 0. The van der Waals surface area contributed by atoms with Crippen LogP contribution in [0.1, 0.15) is 16.7 Å². The van der Waals surface area contributed by atoms with E-state index >= 15 is 0 Å². The Balaban J connectivity index is 1.62. The lowest BCUT2D eigenvalue weighted by atomic mass is 9.93. The average Bonchev–Trinajstić information content (AvgIpc) is 2.55. The lowest BCUT2D eigenvalue weighted by molar-refractivity contribution is 0.246. The van der Waals surface area contributed by atoms with E-state index < -0.39 is 0 Å². The van der Waals surface area contributed by atoms with E-state index in [1.165, 1.54) is 21.9 Å². The van der Waals surface area contributed by atoms with Crippen LogP contribution in [0.3, 0.4) is 0 Å². The second-order valence-corrected chi connectivity index (χ2v) is 5.87. The van der Waals surface area contributed by atoms with E-state index in [9.17, 15) is 0 Å². The summed E-state index contributed by atoms with van der Waals surface area (Å²) in [6.45, 7) is 3.26. The van der Waals surface area contributed by atoms with Crippen LogP contribution in [-0.4, -0.2) is 11.4 Å². The number of hydrogen-bond donors (Lipinski definition) is 0. The van der Waals surface area contributed by atoms with Gasteiger partial charge in [-0.2, -0.15) is 0 Å². The zero-order chi connectivity index (χ0) is 14.1. The van der Waals surface area contributed by atoms with Crippen LogP contribution in [0.25, 0.3) is 10.8 Å². The molecule has 0 amide bonds. The van der Waals surface area contributed by atoms with E-state index in [2.05, 4.69) is 71.6 Å². The van der Waals surface area contributed by atoms with Gasteiger partial charge in [0.05, 0.1) is 0 Å². The number of fused-ring (bicyclic) bond motifs is 3. The Morgan fingerprint density at radius 3 is 2.52 bits per heavy atom. The lowest BCUT2D eigenvalue weighted by Gasteiger charge is -2.29. The van der Waals surface area contributed by atoms with Crippen LogP contribution in [0.2, 0.25) is 0 Å². The van der Waals surface area contributed by atoms with Gasteiger partial charge in [0.1, 0.15) is 0 Å². The molecule has 0 radical (unpaired) electrons. The zero-order valence-corrected chi connectivity index (χ0v) is 12.1. The summed E-state index contributed by atoms with van der Waals surface area (Å²) in [4.78, 5) is 2.55. The van der Waals surface area contributed by atoms with Crippen molar-refractivity contribution in [3.63, 3.8) is 0 Å². The summed E-state index contributed by atoms with van der Waals surface area (Å²) in [7, 11) is 0. The molecule has 0 saturated carbocycles. The van der Waals surface area contributed by atoms with Crippen molar-refractivity contribution >= 4 is 10.8 Å². The molecule has 1 aliphatic heterocycles. The van der Waals surface area contributed by atoms with Gasteiger partial charge in [0.25, 0.3) is 0 Å². The van der Waals surface area contributed by atoms with Crippen LogP contribution in [0.15, 0.2) is 66.7 Å². The van der Waals surface area contributed by atoms with E-state index in [1.807, 2.05) is 0 Å². The van der Waals surface area contributed by atoms with Gasteiger partial charge in [-0.15, -0.1) is 0 Å². The molecule has 0 aromatic heterocycles. The highest BCUT2D eigenvalue weighted by molar-refractivity contribution is 5.87. The van der Waals surface area contributed by atoms with Gasteiger partial charge < -0.3 is 0 Å². The Labute approximate surface area is 125 Å². The summed E-state index contributed by atoms with van der Waals surface area (Å²) in [5.74, 6) is 0. The van der Waals surface area contributed by atoms with E-state index in [4.69, 9.17) is 0 Å². The third kappa shape index (κ3) is 2.45. The molecule has 0 atom stereocenters. The van der Waals surface area contributed by atoms with E-state index in [-0.39, 0.29) is 0 Å². The number of nitrogens with zero attached hydrogens (tertiary/aromatic N) is 1. The fourth-order valence-corrected chi connectivity index (χ4v) is 3.39. The highest BCUT2D eigenvalue weighted by Crippen LogP contribution is 2.28. The molecule has 1 heteroatoms. The van der Waals surface area contributed by atoms with Crippen molar-refractivity contribution in [1.29, 1.82) is 0 Å². The molecule has 1 heterocycles. The van der Waals surface area contributed by atoms with Crippen LogP contribution in [0.5, 0.6) is 0 Å². The molecule has 0 unspecified atom stereocenters. The summed E-state index contributed by atoms with van der Waals surface area (Å²) in [6, 6.07) is 24.1. The predicted molar refractivity (Wildman–Crippen MR) is 88.2 cm³/mol. The maximum absolute atomic E-state index is 2.55. The second-order valence-electron chi connectivity index (χ2n) is 5.87. The van der Waals surface area contributed by atoms with Crippen molar-refractivity contribution < 1.29 is 0 Å². The first kappa shape index (κ1) is 12.6. The summed E-state index contributed by atoms with van der Waals surface area (Å²) in [5, 5.41) is 2.81. The van der Waals surface area contributed by atoms with E-state index in [0.29, 0.717) is 0 Å². The van der Waals surface area contributed by atoms with Crippen molar-refractivity contribution in [1.82, 2.24) is 4.90 Å². The van der Waals surface area contributed by atoms with Crippen LogP contribution in [0.4, 0.5) is 0 Å². The topological polar surface area (TPSA) is 3.24 Å². The maximum atomic E-state index is 2.55. The monoisotopic (exact) mass is 273 g/mol. The van der Waals surface area contributed by atoms with E-state index in [0.717, 1.165) is 26.1 Å². The molecule has 0 saturated heterocycles. The molecule has 0 aliphatic carbocycles. The summed E-state index contributed by atoms with van der Waals surface area (Å²) in [6.07, 6.45) is 1.16. The molecule has 3 aromatic carbocycles. The third-order valence-corrected chi connectivity index (χ3v) is 4.46. The minimum atomic E-state index is 1.05. The van der Waals surface area contributed by atoms with E-state index in [1.54, 1.807) is 5.56 Å². The maximum Gasteiger partial charge on any atom is 0.0240 e. The molecule has 0 bridgehead atoms. The largest absolute Gasteiger partial charge is 0.294 e. The molecular formula is C20H19N. The van der Waals surface area contributed by atoms with Crippen molar-refractivity contribution in [2.45, 2.75) is 19.5 Å². The molecule has 3 aromatic rings. The van der Waals surface area contributed by atoms with Gasteiger partial charge in [-0.05, 0) is 33.9 Å². The highest BCUT2D eigenvalue weighted by Gasteiger charge is 2.17. The molecule has 4 rings (SSSR count). The number of benzene rings is 3. The van der Waals surface area contributed by atoms with Gasteiger partial charge in [0.2, 0.25) is 0 Å². The van der Waals surface area contributed by atoms with Crippen LogP contribution in [-0.2, 0) is 19.5 Å². The Hall–Kier alpha value is -2.12. The molecule has 1 aliphatic rings. The molecule has 21 heavy (non-hydrogen) atoms. The van der Waals surface area contributed by atoms with Gasteiger partial charge in [-0.1, -0.05) is 66.7 Å². The SMILES string of the molecule is c1ccc(CN2CCc3c(ccc4ccccc34)C2)cc1.